The fourth-order valence-electron chi connectivity index (χ4n) is 5.45. The van der Waals surface area contributed by atoms with Crippen LogP contribution in [0, 0.1) is 5.92 Å². The highest BCUT2D eigenvalue weighted by molar-refractivity contribution is 6.30. The zero-order valence-corrected chi connectivity index (χ0v) is 21.8. The summed E-state index contributed by atoms with van der Waals surface area (Å²) in [6.07, 6.45) is 7.77. The molecule has 3 aromatic rings. The lowest BCUT2D eigenvalue weighted by Gasteiger charge is -2.36. The fraction of sp³-hybridized carbons (Fsp3) is 0.448. The summed E-state index contributed by atoms with van der Waals surface area (Å²) in [6.45, 7) is 1.10. The third-order valence-electron chi connectivity index (χ3n) is 7.46. The average molecular weight is 521 g/mol. The van der Waals surface area contributed by atoms with Crippen LogP contribution in [0.4, 0.5) is 0 Å². The Hall–Kier alpha value is -3.19. The second-order valence-corrected chi connectivity index (χ2v) is 10.5. The summed E-state index contributed by atoms with van der Waals surface area (Å²) in [7, 11) is 0. The third-order valence-corrected chi connectivity index (χ3v) is 7.71. The lowest BCUT2D eigenvalue weighted by Crippen LogP contribution is -2.47. The van der Waals surface area contributed by atoms with Crippen LogP contribution in [-0.4, -0.2) is 44.8 Å². The van der Waals surface area contributed by atoms with Crippen LogP contribution in [0.1, 0.15) is 68.9 Å². The molecule has 1 aromatic heterocycles. The molecule has 0 radical (unpaired) electrons. The van der Waals surface area contributed by atoms with E-state index in [-0.39, 0.29) is 30.3 Å². The minimum absolute atomic E-state index is 0.000268. The number of halogens is 1. The maximum atomic E-state index is 13.7. The molecule has 2 aromatic carbocycles. The second kappa shape index (κ2) is 11.9. The van der Waals surface area contributed by atoms with E-state index in [1.165, 1.54) is 6.42 Å². The third kappa shape index (κ3) is 6.21. The van der Waals surface area contributed by atoms with Crippen molar-refractivity contribution in [2.75, 3.05) is 13.1 Å². The second-order valence-electron chi connectivity index (χ2n) is 10.1. The summed E-state index contributed by atoms with van der Waals surface area (Å²) >= 11 is 6.01. The largest absolute Gasteiger partial charge is 0.337 e. The van der Waals surface area contributed by atoms with Crippen molar-refractivity contribution >= 4 is 23.4 Å². The van der Waals surface area contributed by atoms with E-state index in [0.717, 1.165) is 56.1 Å². The van der Waals surface area contributed by atoms with E-state index in [1.54, 1.807) is 17.0 Å². The highest BCUT2D eigenvalue weighted by atomic mass is 35.5. The Balaban J connectivity index is 1.34. The van der Waals surface area contributed by atoms with Gasteiger partial charge in [-0.3, -0.25) is 9.59 Å². The van der Waals surface area contributed by atoms with Gasteiger partial charge in [-0.1, -0.05) is 66.4 Å². The Bertz CT molecular complexity index is 1190. The molecule has 1 saturated carbocycles. The Morgan fingerprint density at radius 1 is 0.946 bits per heavy atom. The minimum Gasteiger partial charge on any atom is -0.337 e. The van der Waals surface area contributed by atoms with Crippen LogP contribution >= 0.6 is 11.6 Å². The smallest absolute Gasteiger partial charge is 0.249 e. The van der Waals surface area contributed by atoms with Crippen molar-refractivity contribution in [3.8, 4) is 11.4 Å². The normalized spacial score (nSPS) is 18.5. The van der Waals surface area contributed by atoms with E-state index in [1.807, 2.05) is 47.4 Å². The van der Waals surface area contributed by atoms with Gasteiger partial charge in [0.1, 0.15) is 12.6 Å². The van der Waals surface area contributed by atoms with Gasteiger partial charge in [-0.05, 0) is 61.9 Å². The molecule has 2 fully saturated rings. The van der Waals surface area contributed by atoms with Crippen molar-refractivity contribution in [2.24, 2.45) is 5.92 Å². The van der Waals surface area contributed by atoms with Gasteiger partial charge in [0.25, 0.3) is 0 Å². The molecule has 7 nitrogen and oxygen atoms in total. The molecular formula is C29H33ClN4O3. The van der Waals surface area contributed by atoms with Crippen molar-refractivity contribution in [2.45, 2.75) is 64.0 Å². The van der Waals surface area contributed by atoms with Crippen molar-refractivity contribution in [1.29, 1.82) is 0 Å². The number of carbonyl (C=O) groups excluding carboxylic acids is 2. The van der Waals surface area contributed by atoms with Crippen LogP contribution in [-0.2, 0) is 16.1 Å². The van der Waals surface area contributed by atoms with E-state index in [2.05, 4.69) is 10.1 Å². The first-order valence-electron chi connectivity index (χ1n) is 13.3. The summed E-state index contributed by atoms with van der Waals surface area (Å²) in [5.74, 6) is 0.929. The van der Waals surface area contributed by atoms with Crippen LogP contribution in [0.2, 0.25) is 5.02 Å². The number of nitrogens with zero attached hydrogens (tertiary/aromatic N) is 4. The van der Waals surface area contributed by atoms with Gasteiger partial charge in [0.2, 0.25) is 23.5 Å². The number of aromatic nitrogens is 2. The maximum absolute atomic E-state index is 13.7. The van der Waals surface area contributed by atoms with Crippen LogP contribution in [0.25, 0.3) is 11.4 Å². The van der Waals surface area contributed by atoms with Gasteiger partial charge in [0.15, 0.2) is 0 Å². The SMILES string of the molecule is O=C(C1CCCCC1)N(CC(=O)N1CCCCC1c1nc(-c2ccc(Cl)cc2)no1)Cc1ccccc1. The zero-order valence-electron chi connectivity index (χ0n) is 21.0. The van der Waals surface area contributed by atoms with Gasteiger partial charge in [-0.15, -0.1) is 0 Å². The van der Waals surface area contributed by atoms with Gasteiger partial charge < -0.3 is 14.3 Å². The minimum atomic E-state index is -0.293. The van der Waals surface area contributed by atoms with Crippen molar-refractivity contribution in [3.05, 3.63) is 71.1 Å². The lowest BCUT2D eigenvalue weighted by molar-refractivity contribution is -0.146. The molecule has 1 aliphatic heterocycles. The summed E-state index contributed by atoms with van der Waals surface area (Å²) in [5, 5.41) is 4.80. The average Bonchev–Trinajstić information content (AvgIpc) is 3.44. The summed E-state index contributed by atoms with van der Waals surface area (Å²) in [4.78, 5) is 35.5. The van der Waals surface area contributed by atoms with Gasteiger partial charge in [-0.25, -0.2) is 0 Å². The van der Waals surface area contributed by atoms with Crippen LogP contribution in [0.15, 0.2) is 59.1 Å². The fourth-order valence-corrected chi connectivity index (χ4v) is 5.58. The summed E-state index contributed by atoms with van der Waals surface area (Å²) < 4.78 is 5.64. The number of likely N-dealkylation sites (tertiary alicyclic amines) is 1. The summed E-state index contributed by atoms with van der Waals surface area (Å²) in [5.41, 5.74) is 1.83. The molecule has 8 heteroatoms. The van der Waals surface area contributed by atoms with E-state index in [9.17, 15) is 9.59 Å². The van der Waals surface area contributed by atoms with E-state index >= 15 is 0 Å². The quantitative estimate of drug-likeness (QED) is 0.378. The molecule has 0 spiro atoms. The van der Waals surface area contributed by atoms with Crippen molar-refractivity contribution < 1.29 is 14.1 Å². The first-order valence-corrected chi connectivity index (χ1v) is 13.7. The molecule has 1 aliphatic carbocycles. The summed E-state index contributed by atoms with van der Waals surface area (Å²) in [6, 6.07) is 16.9. The van der Waals surface area contributed by atoms with Gasteiger partial charge in [0.05, 0.1) is 0 Å². The highest BCUT2D eigenvalue weighted by Gasteiger charge is 2.35. The van der Waals surface area contributed by atoms with Crippen LogP contribution in [0.5, 0.6) is 0 Å². The van der Waals surface area contributed by atoms with Gasteiger partial charge in [0, 0.05) is 29.6 Å². The van der Waals surface area contributed by atoms with E-state index in [0.29, 0.717) is 29.8 Å². The highest BCUT2D eigenvalue weighted by Crippen LogP contribution is 2.32. The molecule has 2 heterocycles. The number of amides is 2. The number of benzene rings is 2. The Morgan fingerprint density at radius 2 is 1.68 bits per heavy atom. The lowest BCUT2D eigenvalue weighted by atomic mass is 9.88. The molecule has 5 rings (SSSR count). The molecule has 0 bridgehead atoms. The van der Waals surface area contributed by atoms with Gasteiger partial charge >= 0.3 is 0 Å². The first-order chi connectivity index (χ1) is 18.1. The molecule has 1 unspecified atom stereocenters. The molecule has 0 N–H and O–H groups in total. The van der Waals surface area contributed by atoms with Crippen molar-refractivity contribution in [1.82, 2.24) is 19.9 Å². The Labute approximate surface area is 222 Å². The molecule has 2 amide bonds. The number of hydrogen-bond acceptors (Lipinski definition) is 5. The molecule has 2 aliphatic rings. The Morgan fingerprint density at radius 3 is 2.43 bits per heavy atom. The number of hydrogen-bond donors (Lipinski definition) is 0. The van der Waals surface area contributed by atoms with Crippen LogP contribution < -0.4 is 0 Å². The monoisotopic (exact) mass is 520 g/mol. The van der Waals surface area contributed by atoms with Gasteiger partial charge in [-0.2, -0.15) is 4.98 Å². The van der Waals surface area contributed by atoms with Crippen molar-refractivity contribution in [3.63, 3.8) is 0 Å². The van der Waals surface area contributed by atoms with E-state index in [4.69, 9.17) is 16.1 Å². The number of rotatable bonds is 7. The first kappa shape index (κ1) is 25.5. The molecule has 37 heavy (non-hydrogen) atoms. The molecule has 1 saturated heterocycles. The topological polar surface area (TPSA) is 79.5 Å². The molecule has 1 atom stereocenters. The predicted molar refractivity (Wildman–Crippen MR) is 141 cm³/mol. The Kier molecular flexibility index (Phi) is 8.19. The molecule has 194 valence electrons. The number of carbonyl (C=O) groups is 2. The molecular weight excluding hydrogens is 488 g/mol. The predicted octanol–water partition coefficient (Wildman–Crippen LogP) is 6.05. The zero-order chi connectivity index (χ0) is 25.6. The standard InChI is InChI=1S/C29H33ClN4O3/c30-24-16-14-22(15-17-24)27-31-28(37-32-27)25-13-7-8-18-34(25)26(35)20-33(19-21-9-3-1-4-10-21)29(36)23-11-5-2-6-12-23/h1,3-4,9-10,14-17,23,25H,2,5-8,11-13,18-20H2. The van der Waals surface area contributed by atoms with Crippen LogP contribution in [0.3, 0.4) is 0 Å². The maximum Gasteiger partial charge on any atom is 0.249 e. The number of piperidine rings is 1. The van der Waals surface area contributed by atoms with E-state index < -0.39 is 0 Å².